The van der Waals surface area contributed by atoms with Crippen LogP contribution in [0.2, 0.25) is 0 Å². The second-order valence-electron chi connectivity index (χ2n) is 11.8. The molecule has 0 bridgehead atoms. The van der Waals surface area contributed by atoms with E-state index in [9.17, 15) is 19.2 Å². The highest BCUT2D eigenvalue weighted by Gasteiger charge is 2.41. The largest absolute Gasteiger partial charge is 0.444 e. The summed E-state index contributed by atoms with van der Waals surface area (Å²) in [6.45, 7) is 9.62. The maximum absolute atomic E-state index is 13.4. The SMILES string of the molecule is CCCCCN(c1cccc2c1CN(C1CCC(=O)NC1=O)C2=O)[C@@H]1CC[C@H](CNC(=O)OC(C)(C)C)C1. The minimum absolute atomic E-state index is 0.143. The molecule has 9 nitrogen and oxygen atoms in total. The standard InChI is InChI=1S/C29H42N4O5/c1-5-6-7-15-32(20-12-11-19(16-20)17-30-28(37)38-29(2,3)4)23-10-8-9-21-22(23)18-33(27(21)36)24-13-14-25(34)31-26(24)35/h8-10,19-20,24H,5-7,11-18H2,1-4H3,(H,30,37)(H,31,34,35)/t19-,20+,24?/m0/s1. The third-order valence-corrected chi connectivity index (χ3v) is 7.76. The fourth-order valence-electron chi connectivity index (χ4n) is 5.93. The normalized spacial score (nSPS) is 23.3. The van der Waals surface area contributed by atoms with E-state index in [1.807, 2.05) is 32.9 Å². The molecule has 0 aromatic heterocycles. The van der Waals surface area contributed by atoms with E-state index in [4.69, 9.17) is 4.74 Å². The number of unbranched alkanes of at least 4 members (excludes halogenated alkanes) is 2. The van der Waals surface area contributed by atoms with Crippen molar-refractivity contribution < 1.29 is 23.9 Å². The molecule has 1 aromatic rings. The predicted molar refractivity (Wildman–Crippen MR) is 145 cm³/mol. The van der Waals surface area contributed by atoms with Crippen LogP contribution in [0, 0.1) is 5.92 Å². The number of hydrogen-bond acceptors (Lipinski definition) is 6. The molecule has 3 atom stereocenters. The second kappa shape index (κ2) is 11.7. The van der Waals surface area contributed by atoms with E-state index in [1.54, 1.807) is 4.90 Å². The van der Waals surface area contributed by atoms with Gasteiger partial charge in [0, 0.05) is 48.9 Å². The smallest absolute Gasteiger partial charge is 0.407 e. The number of fused-ring (bicyclic) bond motifs is 1. The molecule has 1 aliphatic carbocycles. The lowest BCUT2D eigenvalue weighted by Crippen LogP contribution is -2.52. The Morgan fingerprint density at radius 3 is 2.66 bits per heavy atom. The average Bonchev–Trinajstić information content (AvgIpc) is 3.45. The molecule has 2 fully saturated rings. The van der Waals surface area contributed by atoms with Crippen LogP contribution >= 0.6 is 0 Å². The summed E-state index contributed by atoms with van der Waals surface area (Å²) in [7, 11) is 0. The lowest BCUT2D eigenvalue weighted by Gasteiger charge is -2.34. The Hall–Kier alpha value is -3.10. The van der Waals surface area contributed by atoms with Crippen molar-refractivity contribution in [2.24, 2.45) is 5.92 Å². The first-order valence-electron chi connectivity index (χ1n) is 14.1. The summed E-state index contributed by atoms with van der Waals surface area (Å²) in [4.78, 5) is 53.8. The van der Waals surface area contributed by atoms with Gasteiger partial charge in [0.05, 0.1) is 0 Å². The number of amides is 4. The molecule has 0 spiro atoms. The monoisotopic (exact) mass is 526 g/mol. The Labute approximate surface area is 225 Å². The number of carbonyl (C=O) groups is 4. The van der Waals surface area contributed by atoms with E-state index >= 15 is 0 Å². The molecule has 4 amide bonds. The van der Waals surface area contributed by atoms with Gasteiger partial charge in [-0.3, -0.25) is 19.7 Å². The van der Waals surface area contributed by atoms with Crippen LogP contribution in [0.5, 0.6) is 0 Å². The Morgan fingerprint density at radius 2 is 1.95 bits per heavy atom. The van der Waals surface area contributed by atoms with Gasteiger partial charge < -0.3 is 19.9 Å². The van der Waals surface area contributed by atoms with Gasteiger partial charge in [-0.05, 0) is 70.9 Å². The molecule has 208 valence electrons. The first kappa shape index (κ1) is 27.9. The molecule has 38 heavy (non-hydrogen) atoms. The van der Waals surface area contributed by atoms with Crippen molar-refractivity contribution in [2.45, 2.75) is 103 Å². The van der Waals surface area contributed by atoms with E-state index in [0.29, 0.717) is 37.0 Å². The van der Waals surface area contributed by atoms with Gasteiger partial charge in [0.25, 0.3) is 5.91 Å². The topological polar surface area (TPSA) is 108 Å². The maximum Gasteiger partial charge on any atom is 0.407 e. The third kappa shape index (κ3) is 6.48. The second-order valence-corrected chi connectivity index (χ2v) is 11.8. The number of rotatable bonds is 9. The number of anilines is 1. The quantitative estimate of drug-likeness (QED) is 0.370. The van der Waals surface area contributed by atoms with Crippen LogP contribution < -0.4 is 15.5 Å². The number of nitrogens with zero attached hydrogens (tertiary/aromatic N) is 2. The zero-order chi connectivity index (χ0) is 27.4. The molecule has 1 aromatic carbocycles. The zero-order valence-electron chi connectivity index (χ0n) is 23.2. The summed E-state index contributed by atoms with van der Waals surface area (Å²) in [5, 5.41) is 5.32. The van der Waals surface area contributed by atoms with Gasteiger partial charge in [0.2, 0.25) is 11.8 Å². The highest BCUT2D eigenvalue weighted by atomic mass is 16.6. The molecule has 3 aliphatic rings. The van der Waals surface area contributed by atoms with E-state index in [0.717, 1.165) is 56.3 Å². The summed E-state index contributed by atoms with van der Waals surface area (Å²) in [6.07, 6.45) is 6.51. The fourth-order valence-corrected chi connectivity index (χ4v) is 5.93. The molecule has 0 radical (unpaired) electrons. The van der Waals surface area contributed by atoms with Crippen LogP contribution in [0.25, 0.3) is 0 Å². The zero-order valence-corrected chi connectivity index (χ0v) is 23.2. The maximum atomic E-state index is 13.4. The van der Waals surface area contributed by atoms with Crippen molar-refractivity contribution in [1.82, 2.24) is 15.5 Å². The number of benzene rings is 1. The van der Waals surface area contributed by atoms with Crippen LogP contribution in [0.4, 0.5) is 10.5 Å². The van der Waals surface area contributed by atoms with Crippen LogP contribution in [0.15, 0.2) is 18.2 Å². The number of ether oxygens (including phenoxy) is 1. The predicted octanol–water partition coefficient (Wildman–Crippen LogP) is 4.14. The molecule has 1 saturated carbocycles. The fraction of sp³-hybridized carbons (Fsp3) is 0.655. The van der Waals surface area contributed by atoms with Crippen LogP contribution in [-0.2, 0) is 20.9 Å². The first-order chi connectivity index (χ1) is 18.1. The van der Waals surface area contributed by atoms with Gasteiger partial charge in [-0.2, -0.15) is 0 Å². The van der Waals surface area contributed by atoms with Crippen molar-refractivity contribution in [1.29, 1.82) is 0 Å². The average molecular weight is 527 g/mol. The van der Waals surface area contributed by atoms with E-state index in [1.165, 1.54) is 0 Å². The Kier molecular flexibility index (Phi) is 8.63. The lowest BCUT2D eigenvalue weighted by molar-refractivity contribution is -0.136. The summed E-state index contributed by atoms with van der Waals surface area (Å²) >= 11 is 0. The van der Waals surface area contributed by atoms with Crippen molar-refractivity contribution >= 4 is 29.5 Å². The van der Waals surface area contributed by atoms with Crippen molar-refractivity contribution in [3.63, 3.8) is 0 Å². The van der Waals surface area contributed by atoms with Crippen LogP contribution in [0.1, 0.15) is 95.0 Å². The first-order valence-corrected chi connectivity index (χ1v) is 14.1. The van der Waals surface area contributed by atoms with Gasteiger partial charge in [0.1, 0.15) is 11.6 Å². The number of carbonyl (C=O) groups excluding carboxylic acids is 4. The number of alkyl carbamates (subject to hydrolysis) is 1. The minimum atomic E-state index is -0.621. The molecule has 4 rings (SSSR count). The Morgan fingerprint density at radius 1 is 1.16 bits per heavy atom. The van der Waals surface area contributed by atoms with Crippen LogP contribution in [0.3, 0.4) is 0 Å². The summed E-state index contributed by atoms with van der Waals surface area (Å²) in [5.74, 6) is -0.453. The van der Waals surface area contributed by atoms with Crippen molar-refractivity contribution in [3.05, 3.63) is 29.3 Å². The number of hydrogen-bond donors (Lipinski definition) is 2. The van der Waals surface area contributed by atoms with Gasteiger partial charge in [0.15, 0.2) is 0 Å². The van der Waals surface area contributed by atoms with Gasteiger partial charge in [-0.1, -0.05) is 25.8 Å². The van der Waals surface area contributed by atoms with Gasteiger partial charge >= 0.3 is 6.09 Å². The lowest BCUT2D eigenvalue weighted by atomic mass is 10.0. The van der Waals surface area contributed by atoms with Crippen molar-refractivity contribution in [3.8, 4) is 0 Å². The highest BCUT2D eigenvalue weighted by molar-refractivity contribution is 6.06. The van der Waals surface area contributed by atoms with Crippen LogP contribution in [-0.4, -0.2) is 59.5 Å². The summed E-state index contributed by atoms with van der Waals surface area (Å²) < 4.78 is 5.40. The summed E-state index contributed by atoms with van der Waals surface area (Å²) in [5.41, 5.74) is 2.15. The molecule has 9 heteroatoms. The van der Waals surface area contributed by atoms with E-state index < -0.39 is 11.6 Å². The number of imide groups is 1. The van der Waals surface area contributed by atoms with E-state index in [-0.39, 0.29) is 30.2 Å². The molecular weight excluding hydrogens is 484 g/mol. The van der Waals surface area contributed by atoms with E-state index in [2.05, 4.69) is 28.5 Å². The minimum Gasteiger partial charge on any atom is -0.444 e. The van der Waals surface area contributed by atoms with Crippen molar-refractivity contribution in [2.75, 3.05) is 18.0 Å². The summed E-state index contributed by atoms with van der Waals surface area (Å²) in [6, 6.07) is 5.56. The number of nitrogens with one attached hydrogen (secondary N) is 2. The Balaban J connectivity index is 1.49. The van der Waals surface area contributed by atoms with Gasteiger partial charge in [-0.15, -0.1) is 0 Å². The Bertz CT molecular complexity index is 1070. The van der Waals surface area contributed by atoms with Gasteiger partial charge in [-0.25, -0.2) is 4.79 Å². The molecule has 2 N–H and O–H groups in total. The molecule has 2 aliphatic heterocycles. The third-order valence-electron chi connectivity index (χ3n) is 7.76. The molecule has 1 saturated heterocycles. The molecule has 2 heterocycles. The molecule has 1 unspecified atom stereocenters. The molecular formula is C29H42N4O5. The highest BCUT2D eigenvalue weighted by Crippen LogP contribution is 2.38. The number of piperidine rings is 1.